The maximum Gasteiger partial charge on any atom is 0.338 e. The predicted molar refractivity (Wildman–Crippen MR) is 88.2 cm³/mol. The van der Waals surface area contributed by atoms with Gasteiger partial charge in [0, 0.05) is 11.5 Å². The highest BCUT2D eigenvalue weighted by molar-refractivity contribution is 6.03. The summed E-state index contributed by atoms with van der Waals surface area (Å²) in [6.07, 6.45) is 0. The zero-order chi connectivity index (χ0) is 17.4. The molecule has 1 aromatic carbocycles. The monoisotopic (exact) mass is 328 g/mol. The van der Waals surface area contributed by atoms with Crippen molar-refractivity contribution in [3.05, 3.63) is 49.5 Å². The van der Waals surface area contributed by atoms with Crippen molar-refractivity contribution in [1.29, 1.82) is 0 Å². The van der Waals surface area contributed by atoms with Crippen molar-refractivity contribution in [3.63, 3.8) is 0 Å². The molecule has 8 nitrogen and oxygen atoms in total. The van der Waals surface area contributed by atoms with E-state index in [-0.39, 0.29) is 12.2 Å². The zero-order valence-corrected chi connectivity index (χ0v) is 13.4. The second-order valence-corrected chi connectivity index (χ2v) is 5.41. The Morgan fingerprint density at radius 1 is 1.21 bits per heavy atom. The summed E-state index contributed by atoms with van der Waals surface area (Å²) in [6, 6.07) is 3.06. The van der Waals surface area contributed by atoms with Crippen molar-refractivity contribution < 1.29 is 9.53 Å². The number of fused-ring (bicyclic) bond motifs is 1. The number of aryl methyl sites for hydroxylation is 2. The Morgan fingerprint density at radius 3 is 2.58 bits per heavy atom. The molecule has 0 aliphatic heterocycles. The van der Waals surface area contributed by atoms with Crippen LogP contribution in [0.2, 0.25) is 0 Å². The van der Waals surface area contributed by atoms with Crippen molar-refractivity contribution in [2.75, 3.05) is 6.61 Å². The number of carbonyl (C=O) groups is 1. The molecule has 0 amide bonds. The van der Waals surface area contributed by atoms with Crippen LogP contribution in [0.25, 0.3) is 22.2 Å². The number of ether oxygens (including phenoxy) is 1. The standard InChI is InChI=1S/C16H16N4O4/c1-4-24-16(23)12-7(2)5-9-13(8(12)3)15(22)20-19-14(9)10-6-11(21)18-17-10/h5-6H,4H2,1-3H3,(H,20,22)(H2,17,18,21). The highest BCUT2D eigenvalue weighted by Gasteiger charge is 2.20. The summed E-state index contributed by atoms with van der Waals surface area (Å²) >= 11 is 0. The van der Waals surface area contributed by atoms with Gasteiger partial charge in [-0.3, -0.25) is 19.8 Å². The SMILES string of the molecule is CCOC(=O)c1c(C)cc2c(-c3cc(=O)[nH][nH]3)n[nH]c(=O)c2c1C. The molecule has 2 heterocycles. The molecule has 0 bridgehead atoms. The van der Waals surface area contributed by atoms with Gasteiger partial charge in [-0.1, -0.05) is 0 Å². The summed E-state index contributed by atoms with van der Waals surface area (Å²) in [5, 5.41) is 12.5. The van der Waals surface area contributed by atoms with E-state index in [9.17, 15) is 14.4 Å². The molecule has 8 heteroatoms. The Morgan fingerprint density at radius 2 is 1.96 bits per heavy atom. The van der Waals surface area contributed by atoms with Crippen LogP contribution < -0.4 is 11.1 Å². The quantitative estimate of drug-likeness (QED) is 0.628. The van der Waals surface area contributed by atoms with Crippen molar-refractivity contribution in [3.8, 4) is 11.4 Å². The van der Waals surface area contributed by atoms with Gasteiger partial charge < -0.3 is 4.74 Å². The van der Waals surface area contributed by atoms with Crippen LogP contribution in [0.4, 0.5) is 0 Å². The molecule has 3 rings (SSSR count). The number of hydrogen-bond acceptors (Lipinski definition) is 5. The first kappa shape index (κ1) is 15.7. The van der Waals surface area contributed by atoms with E-state index in [1.54, 1.807) is 26.8 Å². The maximum atomic E-state index is 12.3. The smallest absolute Gasteiger partial charge is 0.338 e. The number of H-pyrrole nitrogens is 3. The molecule has 3 N–H and O–H groups in total. The number of rotatable bonds is 3. The molecule has 3 aromatic rings. The van der Waals surface area contributed by atoms with Crippen LogP contribution >= 0.6 is 0 Å². The normalized spacial score (nSPS) is 11.0. The summed E-state index contributed by atoms with van der Waals surface area (Å²) in [4.78, 5) is 35.8. The van der Waals surface area contributed by atoms with Crippen molar-refractivity contribution >= 4 is 16.7 Å². The third-order valence-electron chi connectivity index (χ3n) is 3.86. The molecule has 0 aliphatic carbocycles. The molecule has 0 saturated heterocycles. The molecule has 124 valence electrons. The van der Waals surface area contributed by atoms with Crippen LogP contribution in [-0.2, 0) is 4.74 Å². The molecule has 0 radical (unpaired) electrons. The number of hydrogen-bond donors (Lipinski definition) is 3. The zero-order valence-electron chi connectivity index (χ0n) is 13.4. The van der Waals surface area contributed by atoms with E-state index < -0.39 is 11.5 Å². The lowest BCUT2D eigenvalue weighted by Crippen LogP contribution is -2.15. The first-order valence-electron chi connectivity index (χ1n) is 7.41. The molecule has 0 atom stereocenters. The first-order chi connectivity index (χ1) is 11.4. The van der Waals surface area contributed by atoms with Crippen LogP contribution in [-0.4, -0.2) is 33.0 Å². The van der Waals surface area contributed by atoms with Gasteiger partial charge in [0.2, 0.25) is 0 Å². The minimum Gasteiger partial charge on any atom is -0.462 e. The molecule has 0 aliphatic rings. The molecule has 2 aromatic heterocycles. The predicted octanol–water partition coefficient (Wildman–Crippen LogP) is 1.40. The Balaban J connectivity index is 2.38. The molecule has 24 heavy (non-hydrogen) atoms. The Kier molecular flexibility index (Phi) is 3.80. The van der Waals surface area contributed by atoms with Crippen molar-refractivity contribution in [2.45, 2.75) is 20.8 Å². The summed E-state index contributed by atoms with van der Waals surface area (Å²) in [6.45, 7) is 5.43. The molecule has 0 saturated carbocycles. The van der Waals surface area contributed by atoms with Gasteiger partial charge in [0.15, 0.2) is 0 Å². The lowest BCUT2D eigenvalue weighted by Gasteiger charge is -2.13. The van der Waals surface area contributed by atoms with Gasteiger partial charge in [0.25, 0.3) is 11.1 Å². The van der Waals surface area contributed by atoms with Crippen molar-refractivity contribution in [2.24, 2.45) is 0 Å². The van der Waals surface area contributed by atoms with Gasteiger partial charge in [0.05, 0.1) is 23.3 Å². The summed E-state index contributed by atoms with van der Waals surface area (Å²) in [5.74, 6) is -0.470. The Labute approximate surface area is 135 Å². The van der Waals surface area contributed by atoms with Gasteiger partial charge in [-0.25, -0.2) is 9.89 Å². The highest BCUT2D eigenvalue weighted by Crippen LogP contribution is 2.28. The van der Waals surface area contributed by atoms with E-state index >= 15 is 0 Å². The van der Waals surface area contributed by atoms with E-state index in [4.69, 9.17) is 4.74 Å². The molecular formula is C16H16N4O4. The van der Waals surface area contributed by atoms with Gasteiger partial charge in [-0.15, -0.1) is 0 Å². The van der Waals surface area contributed by atoms with E-state index in [0.29, 0.717) is 38.9 Å². The first-order valence-corrected chi connectivity index (χ1v) is 7.41. The number of esters is 1. The van der Waals surface area contributed by atoms with E-state index in [0.717, 1.165) is 0 Å². The average Bonchev–Trinajstić information content (AvgIpc) is 2.93. The molecular weight excluding hydrogens is 312 g/mol. The van der Waals surface area contributed by atoms with Crippen LogP contribution in [0, 0.1) is 13.8 Å². The third-order valence-corrected chi connectivity index (χ3v) is 3.86. The Hall–Kier alpha value is -3.16. The van der Waals surface area contributed by atoms with E-state index in [2.05, 4.69) is 20.4 Å². The highest BCUT2D eigenvalue weighted by atomic mass is 16.5. The summed E-state index contributed by atoms with van der Waals surface area (Å²) in [7, 11) is 0. The third kappa shape index (κ3) is 2.41. The number of nitrogens with one attached hydrogen (secondary N) is 3. The minimum absolute atomic E-state index is 0.248. The van der Waals surface area contributed by atoms with Gasteiger partial charge in [-0.2, -0.15) is 5.10 Å². The second-order valence-electron chi connectivity index (χ2n) is 5.41. The van der Waals surface area contributed by atoms with Gasteiger partial charge in [-0.05, 0) is 38.0 Å². The number of benzene rings is 1. The second kappa shape index (κ2) is 5.80. The molecule has 0 unspecified atom stereocenters. The summed E-state index contributed by atoms with van der Waals surface area (Å²) in [5.41, 5.74) is 1.72. The number of aromatic nitrogens is 4. The number of carbonyl (C=O) groups excluding carboxylic acids is 1. The van der Waals surface area contributed by atoms with Gasteiger partial charge in [0.1, 0.15) is 5.69 Å². The van der Waals surface area contributed by atoms with Crippen LogP contribution in [0.3, 0.4) is 0 Å². The maximum absolute atomic E-state index is 12.3. The largest absolute Gasteiger partial charge is 0.462 e. The minimum atomic E-state index is -0.470. The fourth-order valence-electron chi connectivity index (χ4n) is 2.87. The fourth-order valence-corrected chi connectivity index (χ4v) is 2.87. The van der Waals surface area contributed by atoms with Crippen LogP contribution in [0.5, 0.6) is 0 Å². The van der Waals surface area contributed by atoms with Crippen LogP contribution in [0.15, 0.2) is 21.7 Å². The van der Waals surface area contributed by atoms with E-state index in [1.165, 1.54) is 6.07 Å². The van der Waals surface area contributed by atoms with Crippen LogP contribution in [0.1, 0.15) is 28.4 Å². The van der Waals surface area contributed by atoms with E-state index in [1.807, 2.05) is 0 Å². The van der Waals surface area contributed by atoms with Gasteiger partial charge >= 0.3 is 5.97 Å². The lowest BCUT2D eigenvalue weighted by atomic mass is 9.95. The topological polar surface area (TPSA) is 121 Å². The van der Waals surface area contributed by atoms with Crippen molar-refractivity contribution in [1.82, 2.24) is 20.4 Å². The Bertz CT molecular complexity index is 1060. The fraction of sp³-hybridized carbons (Fsp3) is 0.250. The lowest BCUT2D eigenvalue weighted by molar-refractivity contribution is 0.0525. The molecule has 0 fully saturated rings. The number of nitrogens with zero attached hydrogens (tertiary/aromatic N) is 1. The summed E-state index contributed by atoms with van der Waals surface area (Å²) < 4.78 is 5.08. The molecule has 0 spiro atoms. The number of aromatic amines is 3. The average molecular weight is 328 g/mol.